The van der Waals surface area contributed by atoms with Crippen molar-refractivity contribution in [3.8, 4) is 28.7 Å². The number of hydrogen-bond acceptors (Lipinski definition) is 10. The fourth-order valence-corrected chi connectivity index (χ4v) is 4.91. The molecular formula is C38H52N6O4. The van der Waals surface area contributed by atoms with Crippen LogP contribution in [-0.2, 0) is 0 Å². The molecule has 5 rings (SSSR count). The summed E-state index contributed by atoms with van der Waals surface area (Å²) in [5.41, 5.74) is 10.0. The average molecular weight is 657 g/mol. The molecule has 0 saturated carbocycles. The topological polar surface area (TPSA) is 150 Å². The number of benzene rings is 4. The van der Waals surface area contributed by atoms with E-state index >= 15 is 0 Å². The van der Waals surface area contributed by atoms with Crippen LogP contribution in [0.2, 0.25) is 0 Å². The molecule has 0 fully saturated rings. The van der Waals surface area contributed by atoms with Gasteiger partial charge in [-0.3, -0.25) is 4.99 Å². The molecule has 1 aliphatic carbocycles. The van der Waals surface area contributed by atoms with Gasteiger partial charge in [0.25, 0.3) is 0 Å². The Morgan fingerprint density at radius 1 is 0.750 bits per heavy atom. The first-order valence-corrected chi connectivity index (χ1v) is 16.6. The van der Waals surface area contributed by atoms with Crippen molar-refractivity contribution in [2.24, 2.45) is 10.9 Å². The molecule has 3 aromatic carbocycles. The highest BCUT2D eigenvalue weighted by Crippen LogP contribution is 2.31. The van der Waals surface area contributed by atoms with Gasteiger partial charge in [0.15, 0.2) is 22.8 Å². The Hall–Kier alpha value is -4.96. The first kappa shape index (κ1) is 37.5. The summed E-state index contributed by atoms with van der Waals surface area (Å²) in [5.74, 6) is 6.43. The third kappa shape index (κ3) is 10.3. The van der Waals surface area contributed by atoms with E-state index in [4.69, 9.17) is 20.4 Å². The van der Waals surface area contributed by atoms with E-state index in [2.05, 4.69) is 72.5 Å². The number of rotatable bonds is 10. The first-order chi connectivity index (χ1) is 23.0. The highest BCUT2D eigenvalue weighted by atomic mass is 16.6. The van der Waals surface area contributed by atoms with E-state index in [0.29, 0.717) is 11.5 Å². The molecule has 7 N–H and O–H groups in total. The van der Waals surface area contributed by atoms with Gasteiger partial charge in [-0.1, -0.05) is 19.9 Å². The number of anilines is 3. The zero-order valence-electron chi connectivity index (χ0n) is 29.6. The summed E-state index contributed by atoms with van der Waals surface area (Å²) in [4.78, 5) is 13.9. The third-order valence-corrected chi connectivity index (χ3v) is 7.50. The van der Waals surface area contributed by atoms with Crippen LogP contribution in [0, 0.1) is 27.7 Å². The summed E-state index contributed by atoms with van der Waals surface area (Å²) in [7, 11) is 0. The molecule has 0 atom stereocenters. The lowest BCUT2D eigenvalue weighted by Gasteiger charge is -2.11. The lowest BCUT2D eigenvalue weighted by Crippen LogP contribution is -2.09. The van der Waals surface area contributed by atoms with Crippen LogP contribution < -0.4 is 32.0 Å². The Kier molecular flexibility index (Phi) is 14.4. The molecule has 0 amide bonds. The lowest BCUT2D eigenvalue weighted by atomic mass is 10.1. The van der Waals surface area contributed by atoms with Gasteiger partial charge in [0.1, 0.15) is 17.0 Å². The predicted molar refractivity (Wildman–Crippen MR) is 198 cm³/mol. The highest BCUT2D eigenvalue weighted by Gasteiger charge is 2.12. The van der Waals surface area contributed by atoms with Crippen molar-refractivity contribution in [2.45, 2.75) is 68.2 Å². The monoisotopic (exact) mass is 656 g/mol. The van der Waals surface area contributed by atoms with E-state index < -0.39 is 0 Å². The minimum atomic E-state index is 0.0525. The summed E-state index contributed by atoms with van der Waals surface area (Å²) in [6.45, 7) is 19.9. The summed E-state index contributed by atoms with van der Waals surface area (Å²) >= 11 is 0. The van der Waals surface area contributed by atoms with Gasteiger partial charge in [0.05, 0.1) is 5.36 Å². The number of nitrogens with two attached hydrogens (primary N) is 1. The van der Waals surface area contributed by atoms with E-state index in [1.54, 1.807) is 24.3 Å². The predicted octanol–water partition coefficient (Wildman–Crippen LogP) is 8.20. The van der Waals surface area contributed by atoms with Crippen molar-refractivity contribution < 1.29 is 19.5 Å². The number of nitrogens with one attached hydrogen (secondary N) is 3. The number of hydrogen-bond donors (Lipinski definition) is 6. The normalized spacial score (nSPS) is 11.0. The van der Waals surface area contributed by atoms with E-state index in [1.165, 1.54) is 5.56 Å². The lowest BCUT2D eigenvalue weighted by molar-refractivity contribution is 0.312. The number of aromatic nitrogens is 1. The molecule has 10 nitrogen and oxygen atoms in total. The number of phenolic OH excluding ortho intramolecular Hbond substituents is 2. The van der Waals surface area contributed by atoms with Crippen molar-refractivity contribution in [3.05, 3.63) is 82.2 Å². The van der Waals surface area contributed by atoms with Gasteiger partial charge >= 0.3 is 0 Å². The molecule has 1 heterocycles. The van der Waals surface area contributed by atoms with Crippen LogP contribution in [0.15, 0.2) is 64.0 Å². The van der Waals surface area contributed by atoms with Gasteiger partial charge in [0, 0.05) is 67.5 Å². The second-order valence-corrected chi connectivity index (χ2v) is 11.6. The maximum absolute atomic E-state index is 9.47. The molecule has 1 aliphatic heterocycles. The molecule has 0 unspecified atom stereocenters. The number of nitrogens with zero attached hydrogens (tertiary/aromatic N) is 2. The van der Waals surface area contributed by atoms with Gasteiger partial charge < -0.3 is 35.4 Å². The Morgan fingerprint density at radius 3 is 2.06 bits per heavy atom. The SMILES string of the molecule is CCCN=c1cc2oc3cc(NCC)c(C)cc3nc-2cc1C.CCCNc1cc(O)c(ON)cc1C.CCNc1cc(O)ccc1C. The van der Waals surface area contributed by atoms with Crippen LogP contribution >= 0.6 is 0 Å². The van der Waals surface area contributed by atoms with Gasteiger partial charge in [-0.05, 0) is 101 Å². The first-order valence-electron chi connectivity index (χ1n) is 16.6. The largest absolute Gasteiger partial charge is 0.508 e. The van der Waals surface area contributed by atoms with Crippen LogP contribution in [0.25, 0.3) is 22.6 Å². The standard InChI is InChI=1S/C19H23N3O.C10H16N2O2.C9H13NO/c1-5-7-21-15-11-19-17(9-13(15)4)22-16-8-12(3)14(20-6-2)10-18(16)23-19;1-3-4-12-8-6-9(13)10(14-11)5-7(8)2;1-3-10-9-6-8(11)5-4-7(9)2/h8-11,20H,5-7H2,1-4H3;5-6,12-13H,3-4,11H2,1-2H3;4-6,10-11H,3H2,1-2H3. The quantitative estimate of drug-likeness (QED) is 0.0646. The molecule has 0 spiro atoms. The minimum Gasteiger partial charge on any atom is -0.508 e. The molecule has 258 valence electrons. The van der Waals surface area contributed by atoms with Crippen molar-refractivity contribution in [1.82, 2.24) is 4.98 Å². The molecule has 0 aromatic heterocycles. The molecule has 10 heteroatoms. The van der Waals surface area contributed by atoms with E-state index in [0.717, 1.165) is 101 Å². The van der Waals surface area contributed by atoms with E-state index in [-0.39, 0.29) is 5.75 Å². The van der Waals surface area contributed by atoms with Gasteiger partial charge in [-0.15, -0.1) is 0 Å². The van der Waals surface area contributed by atoms with Crippen molar-refractivity contribution >= 4 is 28.2 Å². The molecular weight excluding hydrogens is 604 g/mol. The fourth-order valence-electron chi connectivity index (χ4n) is 4.91. The Morgan fingerprint density at radius 2 is 1.42 bits per heavy atom. The van der Waals surface area contributed by atoms with Crippen LogP contribution in [0.4, 0.5) is 17.1 Å². The third-order valence-electron chi connectivity index (χ3n) is 7.50. The van der Waals surface area contributed by atoms with Crippen molar-refractivity contribution in [1.29, 1.82) is 0 Å². The maximum atomic E-state index is 9.47. The zero-order valence-corrected chi connectivity index (χ0v) is 29.6. The summed E-state index contributed by atoms with van der Waals surface area (Å²) < 4.78 is 6.10. The highest BCUT2D eigenvalue weighted by molar-refractivity contribution is 5.81. The van der Waals surface area contributed by atoms with Crippen LogP contribution in [0.3, 0.4) is 0 Å². The Bertz CT molecular complexity index is 1820. The van der Waals surface area contributed by atoms with Crippen LogP contribution in [-0.4, -0.2) is 41.4 Å². The van der Waals surface area contributed by atoms with Crippen LogP contribution in [0.5, 0.6) is 17.2 Å². The maximum Gasteiger partial charge on any atom is 0.188 e. The summed E-state index contributed by atoms with van der Waals surface area (Å²) in [6.07, 6.45) is 2.07. The van der Waals surface area contributed by atoms with Crippen molar-refractivity contribution in [2.75, 3.05) is 42.1 Å². The molecule has 2 aliphatic rings. The molecule has 48 heavy (non-hydrogen) atoms. The summed E-state index contributed by atoms with van der Waals surface area (Å²) in [5, 5.41) is 29.3. The Labute approximate surface area is 284 Å². The van der Waals surface area contributed by atoms with Gasteiger partial charge in [0.2, 0.25) is 0 Å². The molecule has 0 saturated heterocycles. The summed E-state index contributed by atoms with van der Waals surface area (Å²) in [6, 6.07) is 16.8. The average Bonchev–Trinajstić information content (AvgIpc) is 3.06. The van der Waals surface area contributed by atoms with Crippen LogP contribution in [0.1, 0.15) is 62.8 Å². The number of fused-ring (bicyclic) bond motifs is 2. The minimum absolute atomic E-state index is 0.0525. The second-order valence-electron chi connectivity index (χ2n) is 11.6. The fraction of sp³-hybridized carbons (Fsp3) is 0.368. The smallest absolute Gasteiger partial charge is 0.188 e. The zero-order chi connectivity index (χ0) is 35.2. The second kappa shape index (κ2) is 18.4. The van der Waals surface area contributed by atoms with E-state index in [1.807, 2.05) is 39.0 Å². The van der Waals surface area contributed by atoms with Crippen molar-refractivity contribution in [3.63, 3.8) is 0 Å². The number of aromatic hydroxyl groups is 2. The molecule has 0 radical (unpaired) electrons. The molecule has 3 aromatic rings. The van der Waals surface area contributed by atoms with Gasteiger partial charge in [-0.2, -0.15) is 5.90 Å². The Balaban J connectivity index is 0.000000214. The number of aryl methyl sites for hydroxylation is 4. The van der Waals surface area contributed by atoms with E-state index in [9.17, 15) is 5.11 Å². The molecule has 0 bridgehead atoms. The number of phenols is 2. The van der Waals surface area contributed by atoms with Gasteiger partial charge in [-0.25, -0.2) is 4.98 Å².